The second-order valence-electron chi connectivity index (χ2n) is 5.64. The number of hydrogen-bond acceptors (Lipinski definition) is 4. The molecule has 1 N–H and O–H groups in total. The van der Waals surface area contributed by atoms with E-state index in [4.69, 9.17) is 0 Å². The maximum atomic E-state index is 12.5. The maximum absolute atomic E-state index is 12.5. The zero-order chi connectivity index (χ0) is 15.8. The molecule has 6 heteroatoms. The van der Waals surface area contributed by atoms with Crippen LogP contribution in [0.4, 0.5) is 5.69 Å². The van der Waals surface area contributed by atoms with Crippen molar-refractivity contribution in [2.45, 2.75) is 25.7 Å². The third-order valence-electron chi connectivity index (χ3n) is 4.23. The number of anilines is 1. The van der Waals surface area contributed by atoms with Crippen molar-refractivity contribution in [3.63, 3.8) is 0 Å². The average Bonchev–Trinajstić information content (AvgIpc) is 3.05. The molecule has 3 aromatic rings. The number of nitrogens with zero attached hydrogens (tertiary/aromatic N) is 2. The van der Waals surface area contributed by atoms with E-state index in [-0.39, 0.29) is 11.1 Å². The Labute approximate surface area is 136 Å². The lowest BCUT2D eigenvalue weighted by Crippen LogP contribution is -2.26. The van der Waals surface area contributed by atoms with Crippen molar-refractivity contribution in [3.8, 4) is 0 Å². The highest BCUT2D eigenvalue weighted by molar-refractivity contribution is 7.15. The molecular formula is C17H15N3O2S. The minimum absolute atomic E-state index is 0.0642. The SMILES string of the molecule is O=C(Nc1cccc2c1CCCC2)c1cnc2sccn2c1=O. The summed E-state index contributed by atoms with van der Waals surface area (Å²) in [6.07, 6.45) is 7.32. The summed E-state index contributed by atoms with van der Waals surface area (Å²) in [6, 6.07) is 5.96. The van der Waals surface area contributed by atoms with Crippen LogP contribution in [0.25, 0.3) is 4.96 Å². The van der Waals surface area contributed by atoms with Crippen LogP contribution in [-0.4, -0.2) is 15.3 Å². The number of hydrogen-bond donors (Lipinski definition) is 1. The number of aromatic nitrogens is 2. The van der Waals surface area contributed by atoms with Gasteiger partial charge < -0.3 is 5.32 Å². The summed E-state index contributed by atoms with van der Waals surface area (Å²) in [5.41, 5.74) is 3.02. The molecule has 0 unspecified atom stereocenters. The first-order valence-electron chi connectivity index (χ1n) is 7.61. The molecule has 0 bridgehead atoms. The molecule has 4 rings (SSSR count). The Hall–Kier alpha value is -2.47. The van der Waals surface area contributed by atoms with E-state index in [0.29, 0.717) is 4.96 Å². The van der Waals surface area contributed by atoms with Gasteiger partial charge >= 0.3 is 0 Å². The van der Waals surface area contributed by atoms with E-state index in [9.17, 15) is 9.59 Å². The molecule has 1 aliphatic carbocycles. The highest BCUT2D eigenvalue weighted by Crippen LogP contribution is 2.28. The fraction of sp³-hybridized carbons (Fsp3) is 0.235. The van der Waals surface area contributed by atoms with Gasteiger partial charge in [0.2, 0.25) is 0 Å². The Morgan fingerprint density at radius 2 is 2.13 bits per heavy atom. The van der Waals surface area contributed by atoms with Gasteiger partial charge in [-0.05, 0) is 42.9 Å². The topological polar surface area (TPSA) is 63.5 Å². The lowest BCUT2D eigenvalue weighted by atomic mass is 9.90. The number of amides is 1. The quantitative estimate of drug-likeness (QED) is 0.788. The first-order chi connectivity index (χ1) is 11.2. The monoisotopic (exact) mass is 325 g/mol. The van der Waals surface area contributed by atoms with E-state index in [2.05, 4.69) is 16.4 Å². The predicted molar refractivity (Wildman–Crippen MR) is 90.4 cm³/mol. The van der Waals surface area contributed by atoms with Crippen molar-refractivity contribution < 1.29 is 4.79 Å². The molecule has 1 aliphatic rings. The van der Waals surface area contributed by atoms with Gasteiger partial charge in [0.15, 0.2) is 4.96 Å². The van der Waals surface area contributed by atoms with Crippen molar-refractivity contribution in [1.82, 2.24) is 9.38 Å². The number of nitrogens with one attached hydrogen (secondary N) is 1. The van der Waals surface area contributed by atoms with E-state index in [0.717, 1.165) is 24.9 Å². The Morgan fingerprint density at radius 3 is 3.04 bits per heavy atom. The van der Waals surface area contributed by atoms with Gasteiger partial charge in [-0.25, -0.2) is 4.98 Å². The summed E-state index contributed by atoms with van der Waals surface area (Å²) >= 11 is 1.36. The summed E-state index contributed by atoms with van der Waals surface area (Å²) < 4.78 is 1.40. The second kappa shape index (κ2) is 5.62. The lowest BCUT2D eigenvalue weighted by Gasteiger charge is -2.19. The molecule has 23 heavy (non-hydrogen) atoms. The van der Waals surface area contributed by atoms with Gasteiger partial charge in [-0.15, -0.1) is 11.3 Å². The minimum atomic E-state index is -0.401. The largest absolute Gasteiger partial charge is 0.322 e. The molecule has 0 saturated carbocycles. The number of benzene rings is 1. The van der Waals surface area contributed by atoms with Crippen LogP contribution in [0.15, 0.2) is 40.8 Å². The van der Waals surface area contributed by atoms with Gasteiger partial charge in [-0.1, -0.05) is 12.1 Å². The maximum Gasteiger partial charge on any atom is 0.271 e. The summed E-state index contributed by atoms with van der Waals surface area (Å²) in [6.45, 7) is 0. The van der Waals surface area contributed by atoms with E-state index in [1.165, 1.54) is 39.5 Å². The number of rotatable bonds is 2. The van der Waals surface area contributed by atoms with Gasteiger partial charge in [0.1, 0.15) is 5.56 Å². The van der Waals surface area contributed by atoms with Crippen LogP contribution < -0.4 is 10.9 Å². The number of aryl methyl sites for hydroxylation is 1. The fourth-order valence-electron chi connectivity index (χ4n) is 3.07. The van der Waals surface area contributed by atoms with Gasteiger partial charge in [0, 0.05) is 23.5 Å². The van der Waals surface area contributed by atoms with Gasteiger partial charge in [0.05, 0.1) is 0 Å². The molecule has 0 atom stereocenters. The number of carbonyl (C=O) groups excluding carboxylic acids is 1. The summed E-state index contributed by atoms with van der Waals surface area (Å²) in [4.78, 5) is 29.7. The molecule has 2 heterocycles. The lowest BCUT2D eigenvalue weighted by molar-refractivity contribution is 0.102. The van der Waals surface area contributed by atoms with Gasteiger partial charge in [-0.3, -0.25) is 14.0 Å². The molecule has 0 fully saturated rings. The van der Waals surface area contributed by atoms with E-state index in [1.807, 2.05) is 12.1 Å². The molecule has 0 radical (unpaired) electrons. The molecule has 0 spiro atoms. The summed E-state index contributed by atoms with van der Waals surface area (Å²) in [7, 11) is 0. The molecule has 1 aromatic carbocycles. The van der Waals surface area contributed by atoms with Crippen LogP contribution >= 0.6 is 11.3 Å². The van der Waals surface area contributed by atoms with E-state index in [1.54, 1.807) is 11.6 Å². The Kier molecular flexibility index (Phi) is 3.46. The Balaban J connectivity index is 1.70. The Bertz CT molecular complexity index is 958. The molecule has 0 aliphatic heterocycles. The van der Waals surface area contributed by atoms with Crippen LogP contribution in [0.5, 0.6) is 0 Å². The standard InChI is InChI=1S/C17H15N3O2S/c21-15(13-10-18-17-20(16(13)22)8-9-23-17)19-14-7-3-5-11-4-1-2-6-12(11)14/h3,5,7-10H,1-2,4,6H2,(H,19,21). The Morgan fingerprint density at radius 1 is 1.26 bits per heavy atom. The summed E-state index contributed by atoms with van der Waals surface area (Å²) in [5, 5.41) is 4.67. The highest BCUT2D eigenvalue weighted by atomic mass is 32.1. The van der Waals surface area contributed by atoms with Gasteiger partial charge in [0.25, 0.3) is 11.5 Å². The van der Waals surface area contributed by atoms with E-state index < -0.39 is 5.91 Å². The van der Waals surface area contributed by atoms with Crippen molar-refractivity contribution in [2.24, 2.45) is 0 Å². The zero-order valence-corrected chi connectivity index (χ0v) is 13.2. The second-order valence-corrected chi connectivity index (χ2v) is 6.51. The molecular weight excluding hydrogens is 310 g/mol. The van der Waals surface area contributed by atoms with Crippen LogP contribution in [0.3, 0.4) is 0 Å². The fourth-order valence-corrected chi connectivity index (χ4v) is 3.74. The van der Waals surface area contributed by atoms with E-state index >= 15 is 0 Å². The number of thiazole rings is 1. The third-order valence-corrected chi connectivity index (χ3v) is 5.00. The van der Waals surface area contributed by atoms with Crippen LogP contribution in [0.2, 0.25) is 0 Å². The molecule has 0 saturated heterocycles. The zero-order valence-electron chi connectivity index (χ0n) is 12.4. The summed E-state index contributed by atoms with van der Waals surface area (Å²) in [5.74, 6) is -0.401. The van der Waals surface area contributed by atoms with Crippen LogP contribution in [-0.2, 0) is 12.8 Å². The predicted octanol–water partition coefficient (Wildman–Crippen LogP) is 2.89. The molecule has 2 aromatic heterocycles. The first kappa shape index (κ1) is 14.1. The molecule has 1 amide bonds. The van der Waals surface area contributed by atoms with Crippen LogP contribution in [0.1, 0.15) is 34.3 Å². The minimum Gasteiger partial charge on any atom is -0.322 e. The smallest absolute Gasteiger partial charge is 0.271 e. The van der Waals surface area contributed by atoms with Crippen molar-refractivity contribution in [3.05, 3.63) is 63.0 Å². The van der Waals surface area contributed by atoms with Crippen molar-refractivity contribution in [1.29, 1.82) is 0 Å². The van der Waals surface area contributed by atoms with Gasteiger partial charge in [-0.2, -0.15) is 0 Å². The molecule has 5 nitrogen and oxygen atoms in total. The van der Waals surface area contributed by atoms with Crippen molar-refractivity contribution in [2.75, 3.05) is 5.32 Å². The number of fused-ring (bicyclic) bond motifs is 2. The third kappa shape index (κ3) is 2.45. The first-order valence-corrected chi connectivity index (χ1v) is 8.49. The van der Waals surface area contributed by atoms with Crippen molar-refractivity contribution >= 4 is 27.9 Å². The highest BCUT2D eigenvalue weighted by Gasteiger charge is 2.18. The average molecular weight is 325 g/mol. The normalized spacial score (nSPS) is 13.7. The number of carbonyl (C=O) groups is 1. The van der Waals surface area contributed by atoms with Crippen LogP contribution in [0, 0.1) is 0 Å². The molecule has 116 valence electrons.